The molecular formula is C14H18ClN3O. The van der Waals surface area contributed by atoms with Gasteiger partial charge >= 0.3 is 0 Å². The zero-order valence-corrected chi connectivity index (χ0v) is 12.2. The Balaban J connectivity index is 2.20. The maximum absolute atomic E-state index is 12.1. The summed E-state index contributed by atoms with van der Waals surface area (Å²) in [7, 11) is 5.84. The fraction of sp³-hybridized carbons (Fsp3) is 0.357. The first-order chi connectivity index (χ1) is 8.99. The van der Waals surface area contributed by atoms with Crippen LogP contribution in [0.5, 0.6) is 0 Å². The first-order valence-electron chi connectivity index (χ1n) is 6.17. The standard InChI is InChI=1S/C14H18ClN3O/c1-17(2)7-6-16-14(19)13-9-10-8-11(15)4-5-12(10)18(13)3/h4-5,8-9H,6-7H2,1-3H3,(H,16,19). The fourth-order valence-corrected chi connectivity index (χ4v) is 2.20. The van der Waals surface area contributed by atoms with Gasteiger partial charge in [-0.15, -0.1) is 0 Å². The summed E-state index contributed by atoms with van der Waals surface area (Å²) in [5, 5.41) is 4.57. The number of amides is 1. The average Bonchev–Trinajstić information content (AvgIpc) is 2.65. The molecule has 0 saturated heterocycles. The number of carbonyl (C=O) groups is 1. The highest BCUT2D eigenvalue weighted by Crippen LogP contribution is 2.22. The van der Waals surface area contributed by atoms with Crippen molar-refractivity contribution in [2.45, 2.75) is 0 Å². The Bertz CT molecular complexity index is 604. The minimum absolute atomic E-state index is 0.0586. The number of nitrogens with one attached hydrogen (secondary N) is 1. The Labute approximate surface area is 117 Å². The predicted octanol–water partition coefficient (Wildman–Crippen LogP) is 2.12. The van der Waals surface area contributed by atoms with Gasteiger partial charge in [0.25, 0.3) is 5.91 Å². The van der Waals surface area contributed by atoms with Crippen LogP contribution in [0.3, 0.4) is 0 Å². The third-order valence-electron chi connectivity index (χ3n) is 3.08. The molecule has 102 valence electrons. The summed E-state index contributed by atoms with van der Waals surface area (Å²) >= 11 is 5.96. The molecule has 0 aliphatic heterocycles. The second-order valence-electron chi connectivity index (χ2n) is 4.85. The van der Waals surface area contributed by atoms with E-state index >= 15 is 0 Å². The Kier molecular flexibility index (Phi) is 4.12. The lowest BCUT2D eigenvalue weighted by molar-refractivity contribution is 0.0943. The molecule has 2 aromatic rings. The van der Waals surface area contributed by atoms with Crippen LogP contribution in [-0.2, 0) is 7.05 Å². The highest BCUT2D eigenvalue weighted by molar-refractivity contribution is 6.31. The molecule has 0 bridgehead atoms. The average molecular weight is 280 g/mol. The number of aromatic nitrogens is 1. The van der Waals surface area contributed by atoms with Crippen molar-refractivity contribution in [2.75, 3.05) is 27.2 Å². The number of halogens is 1. The second kappa shape index (κ2) is 5.63. The van der Waals surface area contributed by atoms with E-state index in [1.807, 2.05) is 54.9 Å². The summed E-state index contributed by atoms with van der Waals surface area (Å²) < 4.78 is 1.89. The Morgan fingerprint density at radius 3 is 2.79 bits per heavy atom. The van der Waals surface area contributed by atoms with Crippen LogP contribution in [0, 0.1) is 0 Å². The summed E-state index contributed by atoms with van der Waals surface area (Å²) in [5.74, 6) is -0.0586. The minimum Gasteiger partial charge on any atom is -0.349 e. The Morgan fingerprint density at radius 2 is 2.11 bits per heavy atom. The van der Waals surface area contributed by atoms with Crippen molar-refractivity contribution in [3.8, 4) is 0 Å². The number of hydrogen-bond donors (Lipinski definition) is 1. The van der Waals surface area contributed by atoms with Gasteiger partial charge < -0.3 is 14.8 Å². The van der Waals surface area contributed by atoms with Crippen molar-refractivity contribution in [3.05, 3.63) is 35.0 Å². The van der Waals surface area contributed by atoms with Crippen molar-refractivity contribution in [2.24, 2.45) is 7.05 Å². The maximum atomic E-state index is 12.1. The SMILES string of the molecule is CN(C)CCNC(=O)c1cc2cc(Cl)ccc2n1C. The zero-order valence-electron chi connectivity index (χ0n) is 11.4. The van der Waals surface area contributed by atoms with E-state index in [1.165, 1.54) is 0 Å². The molecule has 0 atom stereocenters. The molecule has 0 saturated carbocycles. The van der Waals surface area contributed by atoms with Crippen LogP contribution in [0.2, 0.25) is 5.02 Å². The number of likely N-dealkylation sites (N-methyl/N-ethyl adjacent to an activating group) is 1. The third-order valence-corrected chi connectivity index (χ3v) is 3.32. The van der Waals surface area contributed by atoms with Crippen molar-refractivity contribution in [1.82, 2.24) is 14.8 Å². The van der Waals surface area contributed by atoms with E-state index in [0.717, 1.165) is 17.4 Å². The maximum Gasteiger partial charge on any atom is 0.267 e. The van der Waals surface area contributed by atoms with Crippen molar-refractivity contribution in [1.29, 1.82) is 0 Å². The molecule has 0 spiro atoms. The molecule has 1 N–H and O–H groups in total. The largest absolute Gasteiger partial charge is 0.349 e. The lowest BCUT2D eigenvalue weighted by Crippen LogP contribution is -2.32. The Hall–Kier alpha value is -1.52. The molecule has 0 aliphatic rings. The molecule has 1 amide bonds. The highest BCUT2D eigenvalue weighted by atomic mass is 35.5. The van der Waals surface area contributed by atoms with Crippen molar-refractivity contribution >= 4 is 28.4 Å². The molecule has 5 heteroatoms. The van der Waals surface area contributed by atoms with E-state index in [9.17, 15) is 4.79 Å². The van der Waals surface area contributed by atoms with Gasteiger partial charge in [-0.3, -0.25) is 4.79 Å². The van der Waals surface area contributed by atoms with Gasteiger partial charge in [0.2, 0.25) is 0 Å². The predicted molar refractivity (Wildman–Crippen MR) is 78.8 cm³/mol. The van der Waals surface area contributed by atoms with E-state index in [2.05, 4.69) is 5.32 Å². The van der Waals surface area contributed by atoms with Gasteiger partial charge in [-0.05, 0) is 38.4 Å². The monoisotopic (exact) mass is 279 g/mol. The zero-order chi connectivity index (χ0) is 14.0. The molecule has 1 heterocycles. The lowest BCUT2D eigenvalue weighted by Gasteiger charge is -2.10. The molecular weight excluding hydrogens is 262 g/mol. The summed E-state index contributed by atoms with van der Waals surface area (Å²) in [6.45, 7) is 1.45. The normalized spacial score (nSPS) is 11.2. The van der Waals surface area contributed by atoms with Crippen LogP contribution >= 0.6 is 11.6 Å². The van der Waals surface area contributed by atoms with Gasteiger partial charge in [-0.1, -0.05) is 11.6 Å². The lowest BCUT2D eigenvalue weighted by atomic mass is 10.2. The van der Waals surface area contributed by atoms with Gasteiger partial charge in [0.15, 0.2) is 0 Å². The number of nitrogens with zero attached hydrogens (tertiary/aromatic N) is 2. The number of rotatable bonds is 4. The number of hydrogen-bond acceptors (Lipinski definition) is 2. The van der Waals surface area contributed by atoms with Crippen molar-refractivity contribution < 1.29 is 4.79 Å². The first-order valence-corrected chi connectivity index (χ1v) is 6.55. The van der Waals surface area contributed by atoms with Gasteiger partial charge in [0.1, 0.15) is 5.69 Å². The van der Waals surface area contributed by atoms with Crippen LogP contribution in [0.15, 0.2) is 24.3 Å². The van der Waals surface area contributed by atoms with Crippen LogP contribution < -0.4 is 5.32 Å². The number of carbonyl (C=O) groups excluding carboxylic acids is 1. The molecule has 2 rings (SSSR count). The summed E-state index contributed by atoms with van der Waals surface area (Å²) in [6, 6.07) is 7.49. The quantitative estimate of drug-likeness (QED) is 0.931. The molecule has 1 aromatic carbocycles. The molecule has 0 radical (unpaired) electrons. The van der Waals surface area contributed by atoms with Crippen LogP contribution in [-0.4, -0.2) is 42.6 Å². The van der Waals surface area contributed by atoms with E-state index in [1.54, 1.807) is 0 Å². The molecule has 0 fully saturated rings. The molecule has 0 unspecified atom stereocenters. The van der Waals surface area contributed by atoms with Crippen LogP contribution in [0.1, 0.15) is 10.5 Å². The number of benzene rings is 1. The first kappa shape index (κ1) is 13.9. The van der Waals surface area contributed by atoms with E-state index < -0.39 is 0 Å². The summed E-state index contributed by atoms with van der Waals surface area (Å²) in [5.41, 5.74) is 1.65. The number of aryl methyl sites for hydroxylation is 1. The van der Waals surface area contributed by atoms with E-state index in [4.69, 9.17) is 11.6 Å². The van der Waals surface area contributed by atoms with Crippen molar-refractivity contribution in [3.63, 3.8) is 0 Å². The molecule has 1 aromatic heterocycles. The van der Waals surface area contributed by atoms with Gasteiger partial charge in [0.05, 0.1) is 0 Å². The smallest absolute Gasteiger partial charge is 0.267 e. The van der Waals surface area contributed by atoms with Gasteiger partial charge in [0, 0.05) is 36.1 Å². The number of fused-ring (bicyclic) bond motifs is 1. The summed E-state index contributed by atoms with van der Waals surface area (Å²) in [4.78, 5) is 14.1. The van der Waals surface area contributed by atoms with E-state index in [-0.39, 0.29) is 5.91 Å². The van der Waals surface area contributed by atoms with Gasteiger partial charge in [-0.25, -0.2) is 0 Å². The topological polar surface area (TPSA) is 37.3 Å². The Morgan fingerprint density at radius 1 is 1.37 bits per heavy atom. The second-order valence-corrected chi connectivity index (χ2v) is 5.29. The highest BCUT2D eigenvalue weighted by Gasteiger charge is 2.12. The summed E-state index contributed by atoms with van der Waals surface area (Å²) in [6.07, 6.45) is 0. The fourth-order valence-electron chi connectivity index (χ4n) is 2.02. The van der Waals surface area contributed by atoms with E-state index in [0.29, 0.717) is 17.3 Å². The molecule has 19 heavy (non-hydrogen) atoms. The van der Waals surface area contributed by atoms with Crippen LogP contribution in [0.4, 0.5) is 0 Å². The third kappa shape index (κ3) is 3.08. The minimum atomic E-state index is -0.0586. The van der Waals surface area contributed by atoms with Gasteiger partial charge in [-0.2, -0.15) is 0 Å². The van der Waals surface area contributed by atoms with Crippen LogP contribution in [0.25, 0.3) is 10.9 Å². The molecule has 0 aliphatic carbocycles. The molecule has 4 nitrogen and oxygen atoms in total.